The molecule has 2 aliphatic heterocycles. The molecule has 0 spiro atoms. The minimum absolute atomic E-state index is 0.233. The number of aliphatic hydroxyl groups is 1. The van der Waals surface area contributed by atoms with Crippen molar-refractivity contribution in [2.45, 2.75) is 32.4 Å². The number of rotatable bonds is 9. The summed E-state index contributed by atoms with van der Waals surface area (Å²) in [6, 6.07) is 8.96. The van der Waals surface area contributed by atoms with Crippen molar-refractivity contribution >= 4 is 5.96 Å². The van der Waals surface area contributed by atoms with Crippen LogP contribution in [0, 0.1) is 6.92 Å². The van der Waals surface area contributed by atoms with Crippen LogP contribution >= 0.6 is 0 Å². The van der Waals surface area contributed by atoms with E-state index in [9.17, 15) is 5.11 Å². The van der Waals surface area contributed by atoms with Crippen molar-refractivity contribution in [1.29, 1.82) is 0 Å². The second-order valence-electron chi connectivity index (χ2n) is 9.04. The molecule has 8 nitrogen and oxygen atoms in total. The van der Waals surface area contributed by atoms with E-state index in [0.717, 1.165) is 71.7 Å². The lowest BCUT2D eigenvalue weighted by Crippen LogP contribution is -2.49. The third kappa shape index (κ3) is 8.01. The van der Waals surface area contributed by atoms with Crippen LogP contribution in [0.3, 0.4) is 0 Å². The van der Waals surface area contributed by atoms with E-state index in [0.29, 0.717) is 13.1 Å². The Labute approximate surface area is 193 Å². The van der Waals surface area contributed by atoms with Crippen molar-refractivity contribution in [3.05, 3.63) is 35.4 Å². The number of ether oxygens (including phenoxy) is 2. The van der Waals surface area contributed by atoms with Crippen LogP contribution in [0.4, 0.5) is 0 Å². The standard InChI is InChI=1S/C24H41N5O3/c1-4-25-23(27-18-24(3,30)19-28-8-12-31-13-9-28)26-17-22(29-10-14-32-15-11-29)21-7-5-6-20(2)16-21/h5-7,16,22,30H,4,8-15,17-19H2,1-3H3,(H2,25,26,27). The monoisotopic (exact) mass is 447 g/mol. The zero-order valence-corrected chi connectivity index (χ0v) is 20.0. The average Bonchev–Trinajstić information content (AvgIpc) is 2.79. The fraction of sp³-hybridized carbons (Fsp3) is 0.708. The van der Waals surface area contributed by atoms with E-state index < -0.39 is 5.60 Å². The molecule has 8 heteroatoms. The number of aliphatic imine (C=N–C) groups is 1. The molecule has 2 unspecified atom stereocenters. The summed E-state index contributed by atoms with van der Waals surface area (Å²) in [5, 5.41) is 17.8. The molecule has 32 heavy (non-hydrogen) atoms. The lowest BCUT2D eigenvalue weighted by Gasteiger charge is -2.35. The number of guanidine groups is 1. The first kappa shape index (κ1) is 24.9. The number of benzene rings is 1. The van der Waals surface area contributed by atoms with E-state index in [-0.39, 0.29) is 6.04 Å². The van der Waals surface area contributed by atoms with Gasteiger partial charge in [-0.05, 0) is 26.3 Å². The van der Waals surface area contributed by atoms with Crippen LogP contribution in [-0.4, -0.2) is 105 Å². The van der Waals surface area contributed by atoms with Crippen molar-refractivity contribution in [3.8, 4) is 0 Å². The number of morpholine rings is 2. The first-order chi connectivity index (χ1) is 15.5. The quantitative estimate of drug-likeness (QED) is 0.385. The Hall–Kier alpha value is -1.71. The lowest BCUT2D eigenvalue weighted by atomic mass is 10.0. The van der Waals surface area contributed by atoms with Crippen LogP contribution in [0.1, 0.15) is 31.0 Å². The summed E-state index contributed by atoms with van der Waals surface area (Å²) in [6.45, 7) is 15.0. The van der Waals surface area contributed by atoms with Gasteiger partial charge in [-0.2, -0.15) is 0 Å². The van der Waals surface area contributed by atoms with Gasteiger partial charge in [-0.15, -0.1) is 0 Å². The summed E-state index contributed by atoms with van der Waals surface area (Å²) in [4.78, 5) is 9.44. The maximum Gasteiger partial charge on any atom is 0.191 e. The van der Waals surface area contributed by atoms with Gasteiger partial charge < -0.3 is 25.2 Å². The van der Waals surface area contributed by atoms with Crippen LogP contribution in [0.2, 0.25) is 0 Å². The van der Waals surface area contributed by atoms with Gasteiger partial charge in [0, 0.05) is 45.8 Å². The molecule has 180 valence electrons. The molecular formula is C24H41N5O3. The molecule has 0 aliphatic carbocycles. The third-order valence-electron chi connectivity index (χ3n) is 5.97. The number of nitrogens with one attached hydrogen (secondary N) is 2. The Morgan fingerprint density at radius 2 is 1.81 bits per heavy atom. The maximum atomic E-state index is 10.9. The van der Waals surface area contributed by atoms with Gasteiger partial charge in [-0.25, -0.2) is 0 Å². The summed E-state index contributed by atoms with van der Waals surface area (Å²) in [6.07, 6.45) is 0. The van der Waals surface area contributed by atoms with Crippen LogP contribution in [0.15, 0.2) is 29.3 Å². The molecule has 0 radical (unpaired) electrons. The Morgan fingerprint density at radius 3 is 2.47 bits per heavy atom. The number of aryl methyl sites for hydroxylation is 1. The Balaban J connectivity index is 1.64. The van der Waals surface area contributed by atoms with Gasteiger partial charge in [0.2, 0.25) is 0 Å². The normalized spacial score (nSPS) is 21.7. The van der Waals surface area contributed by atoms with E-state index in [2.05, 4.69) is 58.5 Å². The van der Waals surface area contributed by atoms with Gasteiger partial charge >= 0.3 is 0 Å². The summed E-state index contributed by atoms with van der Waals surface area (Å²) in [5.41, 5.74) is 1.68. The highest BCUT2D eigenvalue weighted by atomic mass is 16.5. The third-order valence-corrected chi connectivity index (χ3v) is 5.97. The molecule has 2 saturated heterocycles. The molecule has 2 fully saturated rings. The molecule has 1 aromatic carbocycles. The molecular weight excluding hydrogens is 406 g/mol. The lowest BCUT2D eigenvalue weighted by molar-refractivity contribution is -0.0180. The van der Waals surface area contributed by atoms with E-state index in [1.165, 1.54) is 11.1 Å². The second kappa shape index (κ2) is 12.5. The highest BCUT2D eigenvalue weighted by Gasteiger charge is 2.26. The van der Waals surface area contributed by atoms with Crippen molar-refractivity contribution in [2.24, 2.45) is 4.99 Å². The van der Waals surface area contributed by atoms with Crippen molar-refractivity contribution < 1.29 is 14.6 Å². The Kier molecular flexibility index (Phi) is 9.74. The number of hydrogen-bond acceptors (Lipinski definition) is 6. The Bertz CT molecular complexity index is 715. The molecule has 3 rings (SSSR count). The van der Waals surface area contributed by atoms with Gasteiger partial charge in [0.05, 0.1) is 44.6 Å². The number of nitrogens with zero attached hydrogens (tertiary/aromatic N) is 3. The molecule has 2 aliphatic rings. The zero-order valence-electron chi connectivity index (χ0n) is 20.0. The van der Waals surface area contributed by atoms with Crippen molar-refractivity contribution in [3.63, 3.8) is 0 Å². The summed E-state index contributed by atoms with van der Waals surface area (Å²) >= 11 is 0. The molecule has 0 bridgehead atoms. The fourth-order valence-corrected chi connectivity index (χ4v) is 4.30. The minimum Gasteiger partial charge on any atom is -0.387 e. The van der Waals surface area contributed by atoms with Gasteiger partial charge in [0.1, 0.15) is 0 Å². The molecule has 0 amide bonds. The van der Waals surface area contributed by atoms with Gasteiger partial charge in [-0.1, -0.05) is 29.8 Å². The second-order valence-corrected chi connectivity index (χ2v) is 9.04. The topological polar surface area (TPSA) is 81.6 Å². The zero-order chi connectivity index (χ0) is 22.8. The highest BCUT2D eigenvalue weighted by molar-refractivity contribution is 5.79. The fourth-order valence-electron chi connectivity index (χ4n) is 4.30. The predicted molar refractivity (Wildman–Crippen MR) is 128 cm³/mol. The number of hydrogen-bond donors (Lipinski definition) is 3. The summed E-state index contributed by atoms with van der Waals surface area (Å²) in [5.74, 6) is 0.737. The average molecular weight is 448 g/mol. The van der Waals surface area contributed by atoms with Crippen LogP contribution in [0.25, 0.3) is 0 Å². The molecule has 2 heterocycles. The van der Waals surface area contributed by atoms with E-state index >= 15 is 0 Å². The van der Waals surface area contributed by atoms with Crippen molar-refractivity contribution in [1.82, 2.24) is 20.4 Å². The molecule has 0 aromatic heterocycles. The van der Waals surface area contributed by atoms with Gasteiger partial charge in [-0.3, -0.25) is 14.8 Å². The molecule has 1 aromatic rings. The van der Waals surface area contributed by atoms with Crippen LogP contribution in [-0.2, 0) is 9.47 Å². The van der Waals surface area contributed by atoms with E-state index in [1.807, 2.05) is 6.92 Å². The SMILES string of the molecule is CCNC(=NCC(C)(O)CN1CCOCC1)NCC(c1cccc(C)c1)N1CCOCC1. The smallest absolute Gasteiger partial charge is 0.191 e. The minimum atomic E-state index is -0.889. The molecule has 0 saturated carbocycles. The summed E-state index contributed by atoms with van der Waals surface area (Å²) in [7, 11) is 0. The van der Waals surface area contributed by atoms with Crippen LogP contribution in [0.5, 0.6) is 0 Å². The number of β-amino-alcohol motifs (C(OH)–C–C–N with tert-alkyl or cyclic N) is 1. The molecule has 3 N–H and O–H groups in total. The van der Waals surface area contributed by atoms with Gasteiger partial charge in [0.25, 0.3) is 0 Å². The highest BCUT2D eigenvalue weighted by Crippen LogP contribution is 2.22. The largest absolute Gasteiger partial charge is 0.387 e. The van der Waals surface area contributed by atoms with Crippen molar-refractivity contribution in [2.75, 3.05) is 78.8 Å². The van der Waals surface area contributed by atoms with E-state index in [4.69, 9.17) is 14.5 Å². The maximum absolute atomic E-state index is 10.9. The van der Waals surface area contributed by atoms with Gasteiger partial charge in [0.15, 0.2) is 5.96 Å². The summed E-state index contributed by atoms with van der Waals surface area (Å²) < 4.78 is 11.0. The van der Waals surface area contributed by atoms with Crippen LogP contribution < -0.4 is 10.6 Å². The Morgan fingerprint density at radius 1 is 1.12 bits per heavy atom. The van der Waals surface area contributed by atoms with E-state index in [1.54, 1.807) is 0 Å². The first-order valence-corrected chi connectivity index (χ1v) is 11.9. The first-order valence-electron chi connectivity index (χ1n) is 11.9. The predicted octanol–water partition coefficient (Wildman–Crippen LogP) is 1.01. The molecule has 2 atom stereocenters.